The van der Waals surface area contributed by atoms with E-state index in [-0.39, 0.29) is 11.9 Å². The van der Waals surface area contributed by atoms with Gasteiger partial charge in [-0.15, -0.1) is 0 Å². The van der Waals surface area contributed by atoms with Gasteiger partial charge >= 0.3 is 0 Å². The molecule has 96 valence electrons. The van der Waals surface area contributed by atoms with Crippen LogP contribution in [0.5, 0.6) is 5.75 Å². The topological polar surface area (TPSA) is 21.3 Å². The van der Waals surface area contributed by atoms with Crippen LogP contribution >= 0.6 is 0 Å². The second-order valence-corrected chi connectivity index (χ2v) is 4.72. The lowest BCUT2D eigenvalue weighted by molar-refractivity contribution is 0.284. The summed E-state index contributed by atoms with van der Waals surface area (Å²) >= 11 is 0. The highest BCUT2D eigenvalue weighted by atomic mass is 19.1. The molecule has 1 unspecified atom stereocenters. The summed E-state index contributed by atoms with van der Waals surface area (Å²) in [4.78, 5) is 0. The Bertz CT molecular complexity index is 352. The molecule has 1 aromatic carbocycles. The minimum absolute atomic E-state index is 0.0831. The first-order valence-corrected chi connectivity index (χ1v) is 6.14. The third-order valence-electron chi connectivity index (χ3n) is 2.82. The molecule has 0 saturated carbocycles. The Kier molecular flexibility index (Phi) is 5.42. The zero-order valence-corrected chi connectivity index (χ0v) is 11.1. The van der Waals surface area contributed by atoms with Crippen LogP contribution in [0.15, 0.2) is 18.2 Å². The summed E-state index contributed by atoms with van der Waals surface area (Å²) in [5.41, 5.74) is 0.872. The van der Waals surface area contributed by atoms with Crippen LogP contribution < -0.4 is 10.1 Å². The molecule has 2 nitrogen and oxygen atoms in total. The highest BCUT2D eigenvalue weighted by Gasteiger charge is 2.11. The summed E-state index contributed by atoms with van der Waals surface area (Å²) in [6.45, 7) is 6.98. The van der Waals surface area contributed by atoms with Crippen molar-refractivity contribution in [2.45, 2.75) is 33.2 Å². The van der Waals surface area contributed by atoms with Crippen LogP contribution in [0.3, 0.4) is 0 Å². The van der Waals surface area contributed by atoms with E-state index in [4.69, 9.17) is 4.74 Å². The Morgan fingerprint density at radius 2 is 2.00 bits per heavy atom. The Labute approximate surface area is 103 Å². The Morgan fingerprint density at radius 1 is 1.29 bits per heavy atom. The molecule has 1 aromatic rings. The molecular formula is C14H22FNO. The van der Waals surface area contributed by atoms with Gasteiger partial charge in [-0.2, -0.15) is 0 Å². The molecule has 0 aliphatic heterocycles. The quantitative estimate of drug-likeness (QED) is 0.820. The van der Waals surface area contributed by atoms with Gasteiger partial charge in [-0.25, -0.2) is 4.39 Å². The zero-order valence-electron chi connectivity index (χ0n) is 11.1. The molecule has 3 heteroatoms. The van der Waals surface area contributed by atoms with E-state index in [9.17, 15) is 4.39 Å². The van der Waals surface area contributed by atoms with Crippen molar-refractivity contribution in [1.29, 1.82) is 0 Å². The molecule has 0 aliphatic rings. The van der Waals surface area contributed by atoms with Crippen molar-refractivity contribution >= 4 is 0 Å². The van der Waals surface area contributed by atoms with Gasteiger partial charge in [0, 0.05) is 11.6 Å². The van der Waals surface area contributed by atoms with Gasteiger partial charge in [-0.1, -0.05) is 13.8 Å². The van der Waals surface area contributed by atoms with Gasteiger partial charge in [0.2, 0.25) is 0 Å². The third-order valence-corrected chi connectivity index (χ3v) is 2.82. The number of ether oxygens (including phenoxy) is 1. The van der Waals surface area contributed by atoms with Gasteiger partial charge in [0.25, 0.3) is 0 Å². The van der Waals surface area contributed by atoms with Crippen LogP contribution in [0.2, 0.25) is 0 Å². The maximum Gasteiger partial charge on any atom is 0.124 e. The smallest absolute Gasteiger partial charge is 0.124 e. The van der Waals surface area contributed by atoms with Gasteiger partial charge in [0.1, 0.15) is 11.6 Å². The lowest BCUT2D eigenvalue weighted by Gasteiger charge is -2.17. The predicted octanol–water partition coefficient (Wildman–Crippen LogP) is 3.53. The largest absolute Gasteiger partial charge is 0.493 e. The number of hydrogen-bond acceptors (Lipinski definition) is 2. The van der Waals surface area contributed by atoms with E-state index in [0.717, 1.165) is 17.7 Å². The molecule has 1 rings (SSSR count). The number of hydrogen-bond donors (Lipinski definition) is 1. The lowest BCUT2D eigenvalue weighted by atomic mass is 10.1. The summed E-state index contributed by atoms with van der Waals surface area (Å²) in [6.07, 6.45) is 1.00. The maximum absolute atomic E-state index is 13.2. The second kappa shape index (κ2) is 6.60. The van der Waals surface area contributed by atoms with Crippen molar-refractivity contribution in [2.75, 3.05) is 13.7 Å². The molecule has 0 saturated heterocycles. The highest BCUT2D eigenvalue weighted by Crippen LogP contribution is 2.26. The first-order valence-electron chi connectivity index (χ1n) is 6.14. The van der Waals surface area contributed by atoms with E-state index in [2.05, 4.69) is 19.2 Å². The van der Waals surface area contributed by atoms with Gasteiger partial charge in [0.05, 0.1) is 6.61 Å². The molecule has 0 fully saturated rings. The van der Waals surface area contributed by atoms with Crippen LogP contribution in [-0.4, -0.2) is 13.7 Å². The van der Waals surface area contributed by atoms with Crippen LogP contribution in [-0.2, 0) is 0 Å². The summed E-state index contributed by atoms with van der Waals surface area (Å²) in [6, 6.07) is 4.76. The monoisotopic (exact) mass is 239 g/mol. The zero-order chi connectivity index (χ0) is 12.8. The fourth-order valence-corrected chi connectivity index (χ4v) is 1.55. The fourth-order valence-electron chi connectivity index (χ4n) is 1.55. The van der Waals surface area contributed by atoms with Crippen molar-refractivity contribution in [2.24, 2.45) is 5.92 Å². The van der Waals surface area contributed by atoms with Crippen LogP contribution in [0.4, 0.5) is 4.39 Å². The lowest BCUT2D eigenvalue weighted by Crippen LogP contribution is -2.14. The molecule has 17 heavy (non-hydrogen) atoms. The molecule has 0 radical (unpaired) electrons. The molecule has 0 aliphatic carbocycles. The van der Waals surface area contributed by atoms with Crippen LogP contribution in [0.25, 0.3) is 0 Å². The molecule has 0 aromatic heterocycles. The normalized spacial score (nSPS) is 12.8. The Morgan fingerprint density at radius 3 is 2.59 bits per heavy atom. The van der Waals surface area contributed by atoms with E-state index in [1.54, 1.807) is 6.07 Å². The van der Waals surface area contributed by atoms with Gasteiger partial charge in [0.15, 0.2) is 0 Å². The van der Waals surface area contributed by atoms with E-state index < -0.39 is 0 Å². The number of rotatable bonds is 6. The van der Waals surface area contributed by atoms with E-state index >= 15 is 0 Å². The minimum Gasteiger partial charge on any atom is -0.493 e. The van der Waals surface area contributed by atoms with Gasteiger partial charge < -0.3 is 10.1 Å². The van der Waals surface area contributed by atoms with Crippen molar-refractivity contribution in [3.8, 4) is 5.75 Å². The van der Waals surface area contributed by atoms with Gasteiger partial charge in [-0.05, 0) is 44.5 Å². The van der Waals surface area contributed by atoms with Crippen LogP contribution in [0.1, 0.15) is 38.8 Å². The summed E-state index contributed by atoms with van der Waals surface area (Å²) in [5, 5.41) is 3.10. The minimum atomic E-state index is -0.224. The van der Waals surface area contributed by atoms with E-state index in [0.29, 0.717) is 12.5 Å². The molecule has 0 spiro atoms. The van der Waals surface area contributed by atoms with E-state index in [1.165, 1.54) is 12.1 Å². The second-order valence-electron chi connectivity index (χ2n) is 4.72. The first-order chi connectivity index (χ1) is 8.04. The number of halogens is 1. The van der Waals surface area contributed by atoms with E-state index in [1.807, 2.05) is 14.0 Å². The molecule has 0 bridgehead atoms. The van der Waals surface area contributed by atoms with Crippen molar-refractivity contribution < 1.29 is 9.13 Å². The Hall–Kier alpha value is -1.09. The maximum atomic E-state index is 13.2. The molecule has 0 heterocycles. The molecular weight excluding hydrogens is 217 g/mol. The number of benzene rings is 1. The standard InChI is InChI=1S/C14H22FNO/c1-10(2)7-8-17-14-6-5-12(15)9-13(14)11(3)16-4/h5-6,9-11,16H,7-8H2,1-4H3. The molecule has 1 atom stereocenters. The summed E-state index contributed by atoms with van der Waals surface area (Å²) in [7, 11) is 1.85. The van der Waals surface area contributed by atoms with Gasteiger partial charge in [-0.3, -0.25) is 0 Å². The average molecular weight is 239 g/mol. The number of nitrogens with one attached hydrogen (secondary N) is 1. The fraction of sp³-hybridized carbons (Fsp3) is 0.571. The van der Waals surface area contributed by atoms with Crippen molar-refractivity contribution in [3.63, 3.8) is 0 Å². The van der Waals surface area contributed by atoms with Crippen LogP contribution in [0, 0.1) is 11.7 Å². The first kappa shape index (κ1) is 14.0. The van der Waals surface area contributed by atoms with Crippen molar-refractivity contribution in [1.82, 2.24) is 5.32 Å². The van der Waals surface area contributed by atoms with Crippen molar-refractivity contribution in [3.05, 3.63) is 29.6 Å². The third kappa shape index (κ3) is 4.35. The predicted molar refractivity (Wildman–Crippen MR) is 68.8 cm³/mol. The molecule has 1 N–H and O–H groups in total. The highest BCUT2D eigenvalue weighted by molar-refractivity contribution is 5.36. The molecule has 0 amide bonds. The SMILES string of the molecule is CNC(C)c1cc(F)ccc1OCCC(C)C. The Balaban J connectivity index is 2.76. The average Bonchev–Trinajstić information content (AvgIpc) is 2.29. The summed E-state index contributed by atoms with van der Waals surface area (Å²) in [5.74, 6) is 1.16. The summed E-state index contributed by atoms with van der Waals surface area (Å²) < 4.78 is 18.9.